The van der Waals surface area contributed by atoms with Crippen molar-refractivity contribution in [2.75, 3.05) is 6.54 Å². The van der Waals surface area contributed by atoms with Crippen LogP contribution in [0.15, 0.2) is 21.7 Å². The van der Waals surface area contributed by atoms with Gasteiger partial charge in [0, 0.05) is 13.0 Å². The summed E-state index contributed by atoms with van der Waals surface area (Å²) in [6.07, 6.45) is -0.124. The minimum atomic E-state index is -3.60. The molecule has 21 heavy (non-hydrogen) atoms. The molecular weight excluding hydrogens is 316 g/mol. The summed E-state index contributed by atoms with van der Waals surface area (Å²) in [6, 6.07) is 2.10. The summed E-state index contributed by atoms with van der Waals surface area (Å²) in [5.74, 6) is -1.88. The molecule has 0 aliphatic heterocycles. The van der Waals surface area contributed by atoms with E-state index in [2.05, 4.69) is 10.0 Å². The molecule has 0 aromatic carbocycles. The largest absolute Gasteiger partial charge is 0.480 e. The summed E-state index contributed by atoms with van der Waals surface area (Å²) in [4.78, 5) is 22.6. The third-order valence-corrected chi connectivity index (χ3v) is 5.51. The maximum Gasteiger partial charge on any atom is 0.326 e. The van der Waals surface area contributed by atoms with E-state index in [4.69, 9.17) is 5.11 Å². The Morgan fingerprint density at radius 2 is 2.05 bits per heavy atom. The third-order valence-electron chi connectivity index (χ3n) is 2.65. The monoisotopic (exact) mass is 334 g/mol. The molecule has 0 spiro atoms. The minimum absolute atomic E-state index is 0.0868. The van der Waals surface area contributed by atoms with Gasteiger partial charge in [-0.3, -0.25) is 4.79 Å². The van der Waals surface area contributed by atoms with Gasteiger partial charge in [0.15, 0.2) is 0 Å². The Morgan fingerprint density at radius 1 is 1.38 bits per heavy atom. The van der Waals surface area contributed by atoms with Gasteiger partial charge in [-0.15, -0.1) is 11.3 Å². The smallest absolute Gasteiger partial charge is 0.326 e. The number of hydrogen-bond donors (Lipinski definition) is 3. The van der Waals surface area contributed by atoms with Gasteiger partial charge in [-0.25, -0.2) is 17.9 Å². The SMILES string of the molecule is CC(C)[C@@H](NC(=O)CCNS(=O)(=O)c1cccs1)C(=O)O. The molecule has 0 radical (unpaired) electrons. The number of carbonyl (C=O) groups excluding carboxylic acids is 1. The number of carbonyl (C=O) groups is 2. The van der Waals surface area contributed by atoms with E-state index < -0.39 is 27.9 Å². The molecule has 0 aliphatic carbocycles. The molecule has 0 aliphatic rings. The van der Waals surface area contributed by atoms with Crippen LogP contribution in [0.3, 0.4) is 0 Å². The molecule has 3 N–H and O–H groups in total. The molecule has 1 amide bonds. The van der Waals surface area contributed by atoms with Gasteiger partial charge in [-0.2, -0.15) is 0 Å². The van der Waals surface area contributed by atoms with Crippen LogP contribution in [0.1, 0.15) is 20.3 Å². The van der Waals surface area contributed by atoms with Crippen molar-refractivity contribution < 1.29 is 23.1 Å². The Kier molecular flexibility index (Phi) is 6.31. The van der Waals surface area contributed by atoms with Gasteiger partial charge in [0.2, 0.25) is 15.9 Å². The maximum atomic E-state index is 11.8. The third kappa shape index (κ3) is 5.44. The summed E-state index contributed by atoms with van der Waals surface area (Å²) in [7, 11) is -3.60. The molecule has 1 atom stereocenters. The van der Waals surface area contributed by atoms with Crippen molar-refractivity contribution >= 4 is 33.2 Å². The van der Waals surface area contributed by atoms with E-state index in [-0.39, 0.29) is 23.1 Å². The number of amides is 1. The van der Waals surface area contributed by atoms with Crippen LogP contribution >= 0.6 is 11.3 Å². The van der Waals surface area contributed by atoms with Crippen molar-refractivity contribution in [3.63, 3.8) is 0 Å². The Balaban J connectivity index is 2.46. The normalized spacial score (nSPS) is 13.1. The molecule has 1 aromatic heterocycles. The number of sulfonamides is 1. The lowest BCUT2D eigenvalue weighted by Gasteiger charge is -2.17. The number of rotatable bonds is 8. The van der Waals surface area contributed by atoms with Crippen LogP contribution in [0.4, 0.5) is 0 Å². The van der Waals surface area contributed by atoms with E-state index in [1.165, 1.54) is 6.07 Å². The van der Waals surface area contributed by atoms with Crippen LogP contribution in [0.2, 0.25) is 0 Å². The molecule has 1 heterocycles. The van der Waals surface area contributed by atoms with Crippen molar-refractivity contribution in [3.8, 4) is 0 Å². The van der Waals surface area contributed by atoms with Gasteiger partial charge >= 0.3 is 5.97 Å². The van der Waals surface area contributed by atoms with Crippen molar-refractivity contribution in [1.29, 1.82) is 0 Å². The molecule has 0 saturated carbocycles. The number of thiophene rings is 1. The Hall–Kier alpha value is -1.45. The second kappa shape index (κ2) is 7.53. The van der Waals surface area contributed by atoms with E-state index in [0.717, 1.165) is 11.3 Å². The van der Waals surface area contributed by atoms with Crippen LogP contribution in [0.5, 0.6) is 0 Å². The topological polar surface area (TPSA) is 113 Å². The van der Waals surface area contributed by atoms with Gasteiger partial charge in [-0.1, -0.05) is 19.9 Å². The van der Waals surface area contributed by atoms with Crippen molar-refractivity contribution in [2.24, 2.45) is 5.92 Å². The average Bonchev–Trinajstić information content (AvgIpc) is 2.89. The molecule has 1 aromatic rings. The predicted molar refractivity (Wildman–Crippen MR) is 78.5 cm³/mol. The minimum Gasteiger partial charge on any atom is -0.480 e. The van der Waals surface area contributed by atoms with E-state index in [1.54, 1.807) is 25.3 Å². The fraction of sp³-hybridized carbons (Fsp3) is 0.500. The van der Waals surface area contributed by atoms with Crippen molar-refractivity contribution in [2.45, 2.75) is 30.5 Å². The zero-order valence-electron chi connectivity index (χ0n) is 11.7. The van der Waals surface area contributed by atoms with E-state index in [9.17, 15) is 18.0 Å². The quantitative estimate of drug-likeness (QED) is 0.646. The summed E-state index contributed by atoms with van der Waals surface area (Å²) >= 11 is 1.08. The van der Waals surface area contributed by atoms with Crippen LogP contribution < -0.4 is 10.0 Å². The maximum absolute atomic E-state index is 11.8. The van der Waals surface area contributed by atoms with Gasteiger partial charge in [-0.05, 0) is 17.4 Å². The van der Waals surface area contributed by atoms with Crippen LogP contribution in [-0.4, -0.2) is 38.0 Å². The lowest BCUT2D eigenvalue weighted by atomic mass is 10.0. The lowest BCUT2D eigenvalue weighted by Crippen LogP contribution is -2.45. The first kappa shape index (κ1) is 17.6. The van der Waals surface area contributed by atoms with Crippen LogP contribution in [0, 0.1) is 5.92 Å². The number of nitrogens with one attached hydrogen (secondary N) is 2. The number of aliphatic carboxylic acids is 1. The Bertz CT molecular complexity index is 581. The number of carboxylic acids is 1. The summed E-state index contributed by atoms with van der Waals surface area (Å²) in [6.45, 7) is 3.27. The molecule has 9 heteroatoms. The zero-order valence-corrected chi connectivity index (χ0v) is 13.3. The molecule has 0 saturated heterocycles. The molecule has 7 nitrogen and oxygen atoms in total. The van der Waals surface area contributed by atoms with Gasteiger partial charge < -0.3 is 10.4 Å². The van der Waals surface area contributed by atoms with Crippen LogP contribution in [-0.2, 0) is 19.6 Å². The number of carboxylic acid groups (broad SMARTS) is 1. The molecule has 1 rings (SSSR count). The average molecular weight is 334 g/mol. The van der Waals surface area contributed by atoms with Gasteiger partial charge in [0.05, 0.1) is 0 Å². The summed E-state index contributed by atoms with van der Waals surface area (Å²) in [5, 5.41) is 13.0. The fourth-order valence-electron chi connectivity index (χ4n) is 1.55. The number of hydrogen-bond acceptors (Lipinski definition) is 5. The Labute approximate surface area is 127 Å². The predicted octanol–water partition coefficient (Wildman–Crippen LogP) is 0.642. The second-order valence-corrected chi connectivity index (χ2v) is 7.65. The highest BCUT2D eigenvalue weighted by atomic mass is 32.2. The highest BCUT2D eigenvalue weighted by molar-refractivity contribution is 7.91. The van der Waals surface area contributed by atoms with E-state index in [0.29, 0.717) is 0 Å². The lowest BCUT2D eigenvalue weighted by molar-refractivity contribution is -0.143. The van der Waals surface area contributed by atoms with E-state index >= 15 is 0 Å². The summed E-state index contributed by atoms with van der Waals surface area (Å²) < 4.78 is 26.0. The summed E-state index contributed by atoms with van der Waals surface area (Å²) in [5.41, 5.74) is 0. The van der Waals surface area contributed by atoms with E-state index in [1.807, 2.05) is 0 Å². The first-order chi connectivity index (χ1) is 9.74. The first-order valence-electron chi connectivity index (χ1n) is 6.29. The molecule has 0 unspecified atom stereocenters. The zero-order chi connectivity index (χ0) is 16.0. The first-order valence-corrected chi connectivity index (χ1v) is 8.65. The Morgan fingerprint density at radius 3 is 2.52 bits per heavy atom. The van der Waals surface area contributed by atoms with Crippen LogP contribution in [0.25, 0.3) is 0 Å². The van der Waals surface area contributed by atoms with Crippen molar-refractivity contribution in [1.82, 2.24) is 10.0 Å². The van der Waals surface area contributed by atoms with Gasteiger partial charge in [0.25, 0.3) is 0 Å². The molecule has 0 bridgehead atoms. The van der Waals surface area contributed by atoms with Crippen molar-refractivity contribution in [3.05, 3.63) is 17.5 Å². The highest BCUT2D eigenvalue weighted by Gasteiger charge is 2.23. The van der Waals surface area contributed by atoms with Gasteiger partial charge in [0.1, 0.15) is 10.3 Å². The highest BCUT2D eigenvalue weighted by Crippen LogP contribution is 2.14. The molecule has 0 fully saturated rings. The molecule has 118 valence electrons. The molecular formula is C12H18N2O5S2. The fourth-order valence-corrected chi connectivity index (χ4v) is 3.61. The second-order valence-electron chi connectivity index (χ2n) is 4.71. The standard InChI is InChI=1S/C12H18N2O5S2/c1-8(2)11(12(16)17)14-9(15)5-6-13-21(18,19)10-4-3-7-20-10/h3-4,7-8,11,13H,5-6H2,1-2H3,(H,14,15)(H,16,17)/t11-/m1/s1.